The molecular weight excluding hydrogens is 288 g/mol. The van der Waals surface area contributed by atoms with Crippen LogP contribution >= 0.6 is 23.4 Å². The first-order valence-corrected chi connectivity index (χ1v) is 6.83. The highest BCUT2D eigenvalue weighted by molar-refractivity contribution is 7.99. The van der Waals surface area contributed by atoms with Gasteiger partial charge in [0, 0.05) is 0 Å². The molecule has 0 bridgehead atoms. The highest BCUT2D eigenvalue weighted by Crippen LogP contribution is 2.38. The molecule has 10 heteroatoms. The van der Waals surface area contributed by atoms with Crippen LogP contribution in [0.4, 0.5) is 0 Å². The van der Waals surface area contributed by atoms with Crippen LogP contribution in [0.5, 0.6) is 0 Å². The zero-order chi connectivity index (χ0) is 12.8. The Morgan fingerprint density at radius 3 is 3.11 bits per heavy atom. The predicted molar refractivity (Wildman–Crippen MR) is 66.9 cm³/mol. The zero-order valence-corrected chi connectivity index (χ0v) is 11.1. The summed E-state index contributed by atoms with van der Waals surface area (Å²) in [6.45, 7) is 0. The SMILES string of the molecule is Clc1nc(Sc2nnnn2C2CC2)c2[nH]cnc2n1. The second-order valence-corrected chi connectivity index (χ2v) is 5.43. The predicted octanol–water partition coefficient (Wildman–Crippen LogP) is 1.48. The van der Waals surface area contributed by atoms with Gasteiger partial charge in [0.15, 0.2) is 5.65 Å². The summed E-state index contributed by atoms with van der Waals surface area (Å²) in [5, 5.41) is 13.3. The average molecular weight is 295 g/mol. The second-order valence-electron chi connectivity index (χ2n) is 4.14. The molecule has 3 aromatic heterocycles. The Balaban J connectivity index is 1.78. The van der Waals surface area contributed by atoms with E-state index in [1.165, 1.54) is 11.8 Å². The number of nitrogens with one attached hydrogen (secondary N) is 1. The fraction of sp³-hybridized carbons (Fsp3) is 0.333. The van der Waals surface area contributed by atoms with Gasteiger partial charge in [0.05, 0.1) is 12.4 Å². The molecule has 8 nitrogen and oxygen atoms in total. The molecule has 0 radical (unpaired) electrons. The normalized spacial score (nSPS) is 15.2. The standard InChI is InChI=1S/C9H7ClN8S/c10-8-13-6-5(11-3-12-6)7(14-8)19-9-15-16-17-18(9)4-1-2-4/h3-4H,1-2H2,(H,11,12,13,14). The lowest BCUT2D eigenvalue weighted by atomic mass is 10.6. The molecule has 3 aromatic rings. The van der Waals surface area contributed by atoms with Crippen molar-refractivity contribution < 1.29 is 0 Å². The maximum atomic E-state index is 5.89. The van der Waals surface area contributed by atoms with Crippen LogP contribution in [-0.4, -0.2) is 40.1 Å². The maximum Gasteiger partial charge on any atom is 0.225 e. The number of aromatic amines is 1. The van der Waals surface area contributed by atoms with Crippen LogP contribution in [0.2, 0.25) is 5.28 Å². The molecule has 0 unspecified atom stereocenters. The number of hydrogen-bond donors (Lipinski definition) is 1. The van der Waals surface area contributed by atoms with E-state index in [0.29, 0.717) is 21.9 Å². The van der Waals surface area contributed by atoms with Gasteiger partial charge in [-0.3, -0.25) is 0 Å². The van der Waals surface area contributed by atoms with Crippen molar-refractivity contribution in [3.8, 4) is 0 Å². The quantitative estimate of drug-likeness (QED) is 0.577. The van der Waals surface area contributed by atoms with Crippen molar-refractivity contribution in [3.63, 3.8) is 0 Å². The largest absolute Gasteiger partial charge is 0.341 e. The molecule has 3 heterocycles. The van der Waals surface area contributed by atoms with E-state index in [2.05, 4.69) is 35.5 Å². The summed E-state index contributed by atoms with van der Waals surface area (Å²) in [6, 6.07) is 0.409. The van der Waals surface area contributed by atoms with E-state index < -0.39 is 0 Å². The number of aromatic nitrogens is 8. The third-order valence-electron chi connectivity index (χ3n) is 2.77. The van der Waals surface area contributed by atoms with Gasteiger partial charge in [0.1, 0.15) is 10.5 Å². The van der Waals surface area contributed by atoms with Crippen molar-refractivity contribution in [2.45, 2.75) is 29.1 Å². The fourth-order valence-corrected chi connectivity index (χ4v) is 2.87. The Morgan fingerprint density at radius 1 is 1.37 bits per heavy atom. The topological polar surface area (TPSA) is 98.1 Å². The van der Waals surface area contributed by atoms with E-state index in [9.17, 15) is 0 Å². The van der Waals surface area contributed by atoms with Crippen LogP contribution in [0.3, 0.4) is 0 Å². The molecule has 0 aliphatic heterocycles. The van der Waals surface area contributed by atoms with E-state index >= 15 is 0 Å². The molecule has 19 heavy (non-hydrogen) atoms. The maximum absolute atomic E-state index is 5.89. The van der Waals surface area contributed by atoms with Crippen LogP contribution < -0.4 is 0 Å². The monoisotopic (exact) mass is 294 g/mol. The van der Waals surface area contributed by atoms with Crippen molar-refractivity contribution in [1.82, 2.24) is 40.1 Å². The molecule has 1 aliphatic rings. The van der Waals surface area contributed by atoms with Crippen LogP contribution in [0.15, 0.2) is 16.5 Å². The molecule has 4 rings (SSSR count). The van der Waals surface area contributed by atoms with Gasteiger partial charge >= 0.3 is 0 Å². The molecule has 1 aliphatic carbocycles. The number of imidazole rings is 1. The number of fused-ring (bicyclic) bond motifs is 1. The Labute approximate surface area is 116 Å². The van der Waals surface area contributed by atoms with Gasteiger partial charge in [0.25, 0.3) is 0 Å². The van der Waals surface area contributed by atoms with Crippen LogP contribution in [0, 0.1) is 0 Å². The minimum Gasteiger partial charge on any atom is -0.341 e. The summed E-state index contributed by atoms with van der Waals surface area (Å²) >= 11 is 7.25. The zero-order valence-electron chi connectivity index (χ0n) is 9.49. The number of halogens is 1. The van der Waals surface area contributed by atoms with Gasteiger partial charge in [-0.15, -0.1) is 5.10 Å². The van der Waals surface area contributed by atoms with Gasteiger partial charge in [-0.05, 0) is 46.6 Å². The summed E-state index contributed by atoms with van der Waals surface area (Å²) in [6.07, 6.45) is 3.79. The van der Waals surface area contributed by atoms with Crippen LogP contribution in [0.1, 0.15) is 18.9 Å². The number of tetrazole rings is 1. The highest BCUT2D eigenvalue weighted by atomic mass is 35.5. The Bertz CT molecular complexity index is 748. The van der Waals surface area contributed by atoms with Gasteiger partial charge in [-0.1, -0.05) is 0 Å². The minimum absolute atomic E-state index is 0.160. The molecule has 1 saturated carbocycles. The van der Waals surface area contributed by atoms with Crippen molar-refractivity contribution in [3.05, 3.63) is 11.6 Å². The van der Waals surface area contributed by atoms with E-state index in [1.54, 1.807) is 6.33 Å². The molecule has 0 saturated heterocycles. The average Bonchev–Trinajstić information content (AvgIpc) is 2.94. The molecule has 0 spiro atoms. The number of rotatable bonds is 3. The smallest absolute Gasteiger partial charge is 0.225 e. The lowest BCUT2D eigenvalue weighted by Crippen LogP contribution is -1.99. The lowest BCUT2D eigenvalue weighted by molar-refractivity contribution is 0.565. The number of nitrogens with zero attached hydrogens (tertiary/aromatic N) is 7. The van der Waals surface area contributed by atoms with Crippen LogP contribution in [-0.2, 0) is 0 Å². The molecule has 0 aromatic carbocycles. The van der Waals surface area contributed by atoms with Gasteiger partial charge in [-0.25, -0.2) is 14.6 Å². The van der Waals surface area contributed by atoms with Crippen molar-refractivity contribution in [2.24, 2.45) is 0 Å². The summed E-state index contributed by atoms with van der Waals surface area (Å²) in [4.78, 5) is 15.3. The highest BCUT2D eigenvalue weighted by Gasteiger charge is 2.28. The molecule has 1 N–H and O–H groups in total. The third-order valence-corrected chi connectivity index (χ3v) is 3.88. The number of hydrogen-bond acceptors (Lipinski definition) is 7. The first kappa shape index (κ1) is 11.1. The van der Waals surface area contributed by atoms with E-state index in [0.717, 1.165) is 18.4 Å². The van der Waals surface area contributed by atoms with Gasteiger partial charge in [-0.2, -0.15) is 4.98 Å². The third kappa shape index (κ3) is 1.94. The van der Waals surface area contributed by atoms with E-state index in [-0.39, 0.29) is 5.28 Å². The number of H-pyrrole nitrogens is 1. The second kappa shape index (κ2) is 4.14. The first-order chi connectivity index (χ1) is 9.31. The van der Waals surface area contributed by atoms with Crippen molar-refractivity contribution in [1.29, 1.82) is 0 Å². The molecular formula is C9H7ClN8S. The Kier molecular flexibility index (Phi) is 2.42. The van der Waals surface area contributed by atoms with Crippen molar-refractivity contribution in [2.75, 3.05) is 0 Å². The molecule has 0 amide bonds. The van der Waals surface area contributed by atoms with Gasteiger partial charge < -0.3 is 4.98 Å². The summed E-state index contributed by atoms with van der Waals surface area (Å²) in [7, 11) is 0. The van der Waals surface area contributed by atoms with Crippen LogP contribution in [0.25, 0.3) is 11.2 Å². The summed E-state index contributed by atoms with van der Waals surface area (Å²) in [5.74, 6) is 0. The Morgan fingerprint density at radius 2 is 2.26 bits per heavy atom. The van der Waals surface area contributed by atoms with Gasteiger partial charge in [0.2, 0.25) is 10.4 Å². The van der Waals surface area contributed by atoms with E-state index in [4.69, 9.17) is 11.6 Å². The minimum atomic E-state index is 0.160. The summed E-state index contributed by atoms with van der Waals surface area (Å²) < 4.78 is 1.82. The van der Waals surface area contributed by atoms with Crippen molar-refractivity contribution >= 4 is 34.5 Å². The molecule has 1 fully saturated rings. The van der Waals surface area contributed by atoms with E-state index in [1.807, 2.05) is 4.68 Å². The fourth-order valence-electron chi connectivity index (χ4n) is 1.74. The molecule has 96 valence electrons. The summed E-state index contributed by atoms with van der Waals surface area (Å²) in [5.41, 5.74) is 1.27. The first-order valence-electron chi connectivity index (χ1n) is 5.63. The lowest BCUT2D eigenvalue weighted by Gasteiger charge is -2.02. The Hall–Kier alpha value is -1.74. The molecule has 0 atom stereocenters.